The number of rotatable bonds is 7. The van der Waals surface area contributed by atoms with Crippen LogP contribution in [0.1, 0.15) is 22.5 Å². The van der Waals surface area contributed by atoms with Crippen molar-refractivity contribution in [1.82, 2.24) is 15.0 Å². The van der Waals surface area contributed by atoms with Crippen molar-refractivity contribution in [3.8, 4) is 11.4 Å². The summed E-state index contributed by atoms with van der Waals surface area (Å²) in [6, 6.07) is 8.74. The molecule has 6 nitrogen and oxygen atoms in total. The number of aliphatic carboxylic acids is 1. The quantitative estimate of drug-likeness (QED) is 0.470. The molecule has 0 bridgehead atoms. The number of alkyl halides is 3. The van der Waals surface area contributed by atoms with Gasteiger partial charge in [0, 0.05) is 10.6 Å². The fourth-order valence-corrected chi connectivity index (χ4v) is 3.96. The predicted molar refractivity (Wildman–Crippen MR) is 110 cm³/mol. The summed E-state index contributed by atoms with van der Waals surface area (Å²) >= 11 is 7.27. The largest absolute Gasteiger partial charge is 0.482 e. The van der Waals surface area contributed by atoms with Gasteiger partial charge in [-0.1, -0.05) is 11.6 Å². The van der Waals surface area contributed by atoms with Gasteiger partial charge in [0.25, 0.3) is 0 Å². The minimum Gasteiger partial charge on any atom is -0.482 e. The van der Waals surface area contributed by atoms with Gasteiger partial charge in [-0.3, -0.25) is 0 Å². The molecule has 0 radical (unpaired) electrons. The number of nitrogens with zero attached hydrogens (tertiary/aromatic N) is 3. The number of halogens is 4. The lowest BCUT2D eigenvalue weighted by atomic mass is 10.2. The van der Waals surface area contributed by atoms with Crippen LogP contribution in [0.15, 0.2) is 41.3 Å². The number of carboxylic acids is 1. The van der Waals surface area contributed by atoms with Crippen LogP contribution in [0.4, 0.5) is 13.2 Å². The van der Waals surface area contributed by atoms with Crippen LogP contribution >= 0.6 is 23.4 Å². The van der Waals surface area contributed by atoms with Gasteiger partial charge in [0.15, 0.2) is 6.61 Å². The fourth-order valence-electron chi connectivity index (χ4n) is 2.68. The lowest BCUT2D eigenvalue weighted by Gasteiger charge is -2.09. The minimum atomic E-state index is -4.53. The molecule has 0 atom stereocenters. The number of carboxylic acid groups (broad SMARTS) is 1. The highest BCUT2D eigenvalue weighted by Crippen LogP contribution is 2.35. The van der Waals surface area contributed by atoms with E-state index in [4.69, 9.17) is 21.4 Å². The highest BCUT2D eigenvalue weighted by Gasteiger charge is 2.33. The number of hydrogen-bond acceptors (Lipinski definition) is 5. The first-order valence-corrected chi connectivity index (χ1v) is 10.3. The van der Waals surface area contributed by atoms with Crippen LogP contribution in [0.5, 0.6) is 5.75 Å². The molecule has 11 heteroatoms. The molecule has 0 unspecified atom stereocenters. The van der Waals surface area contributed by atoms with Crippen molar-refractivity contribution in [1.29, 1.82) is 0 Å². The van der Waals surface area contributed by atoms with E-state index in [0.717, 1.165) is 16.5 Å². The van der Waals surface area contributed by atoms with E-state index in [2.05, 4.69) is 10.2 Å². The van der Waals surface area contributed by atoms with E-state index in [9.17, 15) is 18.0 Å². The van der Waals surface area contributed by atoms with Crippen molar-refractivity contribution in [3.63, 3.8) is 0 Å². The molecule has 0 aliphatic carbocycles. The Labute approximate surface area is 185 Å². The van der Waals surface area contributed by atoms with Crippen molar-refractivity contribution < 1.29 is 27.8 Å². The number of thioether (sulfide) groups is 1. The van der Waals surface area contributed by atoms with Crippen molar-refractivity contribution in [2.75, 3.05) is 6.61 Å². The van der Waals surface area contributed by atoms with Crippen LogP contribution in [0.3, 0.4) is 0 Å². The third-order valence-electron chi connectivity index (χ3n) is 4.24. The average molecular weight is 472 g/mol. The summed E-state index contributed by atoms with van der Waals surface area (Å²) in [5.41, 5.74) is 1.52. The summed E-state index contributed by atoms with van der Waals surface area (Å²) in [6.07, 6.45) is -4.53. The molecule has 1 aromatic heterocycles. The topological polar surface area (TPSA) is 77.2 Å². The highest BCUT2D eigenvalue weighted by atomic mass is 35.5. The number of hydrogen-bond donors (Lipinski definition) is 1. The zero-order valence-electron chi connectivity index (χ0n) is 16.4. The van der Waals surface area contributed by atoms with E-state index in [0.29, 0.717) is 28.6 Å². The number of ether oxygens (including phenoxy) is 1. The zero-order chi connectivity index (χ0) is 22.8. The smallest absolute Gasteiger partial charge is 0.417 e. The van der Waals surface area contributed by atoms with Crippen LogP contribution in [0.2, 0.25) is 5.02 Å². The normalized spacial score (nSPS) is 11.5. The third kappa shape index (κ3) is 5.71. The summed E-state index contributed by atoms with van der Waals surface area (Å²) < 4.78 is 43.9. The number of carbonyl (C=O) groups is 1. The van der Waals surface area contributed by atoms with Gasteiger partial charge in [0.2, 0.25) is 0 Å². The lowest BCUT2D eigenvalue weighted by Crippen LogP contribution is -2.09. The fraction of sp³-hybridized carbons (Fsp3) is 0.250. The Kier molecular flexibility index (Phi) is 6.80. The summed E-state index contributed by atoms with van der Waals surface area (Å²) in [4.78, 5) is 12.8. The molecule has 2 aromatic carbocycles. The molecule has 0 saturated heterocycles. The van der Waals surface area contributed by atoms with E-state index in [1.807, 2.05) is 19.1 Å². The third-order valence-corrected chi connectivity index (χ3v) is 5.56. The Morgan fingerprint density at radius 1 is 1.19 bits per heavy atom. The van der Waals surface area contributed by atoms with Crippen molar-refractivity contribution in [2.45, 2.75) is 30.7 Å². The monoisotopic (exact) mass is 471 g/mol. The Morgan fingerprint density at radius 3 is 2.55 bits per heavy atom. The van der Waals surface area contributed by atoms with Crippen LogP contribution in [0.25, 0.3) is 5.69 Å². The maximum atomic E-state index is 12.9. The maximum absolute atomic E-state index is 12.9. The van der Waals surface area contributed by atoms with Gasteiger partial charge in [-0.25, -0.2) is 4.79 Å². The maximum Gasteiger partial charge on any atom is 0.417 e. The molecule has 3 rings (SSSR count). The van der Waals surface area contributed by atoms with Gasteiger partial charge >= 0.3 is 12.1 Å². The van der Waals surface area contributed by atoms with Crippen molar-refractivity contribution in [3.05, 3.63) is 63.9 Å². The Bertz CT molecular complexity index is 1120. The molecule has 0 aliphatic heterocycles. The lowest BCUT2D eigenvalue weighted by molar-refractivity contribution is -0.139. The molecule has 0 amide bonds. The van der Waals surface area contributed by atoms with E-state index < -0.39 is 29.3 Å². The van der Waals surface area contributed by atoms with Crippen LogP contribution < -0.4 is 4.74 Å². The summed E-state index contributed by atoms with van der Waals surface area (Å²) in [5, 5.41) is 16.9. The zero-order valence-corrected chi connectivity index (χ0v) is 18.0. The van der Waals surface area contributed by atoms with Gasteiger partial charge < -0.3 is 9.84 Å². The minimum absolute atomic E-state index is 0.327. The highest BCUT2D eigenvalue weighted by molar-refractivity contribution is 7.98. The Hall–Kier alpha value is -2.72. The SMILES string of the molecule is Cc1cc(SCc2nn(-c3ccc(C(F)(F)F)c(Cl)c3)nc2C)ccc1OCC(=O)O. The average Bonchev–Trinajstić information content (AvgIpc) is 3.05. The standard InChI is InChI=1S/C20H17ClF3N3O3S/c1-11-7-14(4-6-18(11)30-9-19(28)29)31-10-17-12(2)25-27(26-17)13-3-5-15(16(21)8-13)20(22,23)24/h3-8H,9-10H2,1-2H3,(H,28,29). The van der Waals surface area contributed by atoms with Gasteiger partial charge in [0.1, 0.15) is 5.75 Å². The van der Waals surface area contributed by atoms with Crippen molar-refractivity contribution >= 4 is 29.3 Å². The van der Waals surface area contributed by atoms with E-state index >= 15 is 0 Å². The molecular weight excluding hydrogens is 455 g/mol. The molecule has 0 saturated carbocycles. The first kappa shape index (κ1) is 23.0. The van der Waals surface area contributed by atoms with Gasteiger partial charge in [0.05, 0.1) is 27.7 Å². The van der Waals surface area contributed by atoms with E-state index in [1.54, 1.807) is 13.0 Å². The summed E-state index contributed by atoms with van der Waals surface area (Å²) in [5.74, 6) is -0.0755. The molecular formula is C20H17ClF3N3O3S. The summed E-state index contributed by atoms with van der Waals surface area (Å²) in [7, 11) is 0. The molecule has 1 heterocycles. The van der Waals surface area contributed by atoms with Crippen molar-refractivity contribution in [2.24, 2.45) is 0 Å². The molecule has 164 valence electrons. The summed E-state index contributed by atoms with van der Waals surface area (Å²) in [6.45, 7) is 3.17. The number of aromatic nitrogens is 3. The molecule has 0 aliphatic rings. The first-order chi connectivity index (χ1) is 14.5. The number of benzene rings is 2. The Balaban J connectivity index is 1.71. The molecule has 0 spiro atoms. The van der Waals surface area contributed by atoms with Crippen LogP contribution in [0, 0.1) is 13.8 Å². The molecule has 1 N–H and O–H groups in total. The van der Waals surface area contributed by atoms with E-state index in [1.165, 1.54) is 28.7 Å². The van der Waals surface area contributed by atoms with Crippen LogP contribution in [-0.4, -0.2) is 32.7 Å². The number of aryl methyl sites for hydroxylation is 2. The van der Waals surface area contributed by atoms with Gasteiger partial charge in [-0.15, -0.1) is 11.8 Å². The molecule has 3 aromatic rings. The van der Waals surface area contributed by atoms with E-state index in [-0.39, 0.29) is 0 Å². The van der Waals surface area contributed by atoms with Gasteiger partial charge in [-0.05, 0) is 55.8 Å². The second-order valence-electron chi connectivity index (χ2n) is 6.58. The predicted octanol–water partition coefficient (Wildman–Crippen LogP) is 5.31. The molecule has 31 heavy (non-hydrogen) atoms. The second kappa shape index (κ2) is 9.19. The Morgan fingerprint density at radius 2 is 1.94 bits per heavy atom. The van der Waals surface area contributed by atoms with Crippen LogP contribution in [-0.2, 0) is 16.7 Å². The van der Waals surface area contributed by atoms with Gasteiger partial charge in [-0.2, -0.15) is 28.2 Å². The first-order valence-electron chi connectivity index (χ1n) is 8.92. The second-order valence-corrected chi connectivity index (χ2v) is 8.04. The molecule has 0 fully saturated rings.